The Hall–Kier alpha value is -0.570. The van der Waals surface area contributed by atoms with Crippen molar-refractivity contribution in [2.24, 2.45) is 5.73 Å². The molecule has 90 valence electrons. The minimum atomic E-state index is -0.702. The molecule has 0 aromatic carbocycles. The van der Waals surface area contributed by atoms with Crippen LogP contribution in [0.3, 0.4) is 0 Å². The van der Waals surface area contributed by atoms with Crippen LogP contribution in [0.25, 0.3) is 0 Å². The molecular weight excluding hydrogens is 188 g/mol. The first-order valence-electron chi connectivity index (χ1n) is 5.96. The minimum absolute atomic E-state index is 0.0676. The summed E-state index contributed by atoms with van der Waals surface area (Å²) in [5.41, 5.74) is 5.33. The lowest BCUT2D eigenvalue weighted by Gasteiger charge is -2.33. The number of rotatable bonds is 6. The van der Waals surface area contributed by atoms with Crippen molar-refractivity contribution in [3.63, 3.8) is 0 Å². The number of likely N-dealkylation sites (N-methyl/N-ethyl adjacent to an activating group) is 1. The van der Waals surface area contributed by atoms with E-state index in [0.29, 0.717) is 6.04 Å². The summed E-state index contributed by atoms with van der Waals surface area (Å²) in [6.07, 6.45) is 3.66. The van der Waals surface area contributed by atoms with Gasteiger partial charge in [0.2, 0.25) is 5.91 Å². The van der Waals surface area contributed by atoms with Crippen LogP contribution in [0, 0.1) is 0 Å². The van der Waals surface area contributed by atoms with Crippen molar-refractivity contribution in [2.75, 3.05) is 7.05 Å². The molecule has 2 N–H and O–H groups in total. The Labute approximate surface area is 94.0 Å². The summed E-state index contributed by atoms with van der Waals surface area (Å²) < 4.78 is 0. The Bertz CT molecular complexity index is 198. The summed E-state index contributed by atoms with van der Waals surface area (Å²) in [4.78, 5) is 13.9. The maximum atomic E-state index is 12.1. The second-order valence-corrected chi connectivity index (χ2v) is 4.55. The van der Waals surface area contributed by atoms with Crippen LogP contribution in [-0.2, 0) is 4.79 Å². The predicted molar refractivity (Wildman–Crippen MR) is 64.6 cm³/mol. The zero-order valence-corrected chi connectivity index (χ0v) is 10.8. The second-order valence-electron chi connectivity index (χ2n) is 4.55. The van der Waals surface area contributed by atoms with Gasteiger partial charge in [-0.3, -0.25) is 4.79 Å². The molecule has 0 radical (unpaired) electrons. The molecule has 0 heterocycles. The molecule has 0 aromatic heterocycles. The van der Waals surface area contributed by atoms with E-state index in [1.165, 1.54) is 0 Å². The molecule has 0 aliphatic rings. The van der Waals surface area contributed by atoms with E-state index in [9.17, 15) is 4.79 Å². The third-order valence-corrected chi connectivity index (χ3v) is 3.07. The Kier molecular flexibility index (Phi) is 5.88. The number of carbonyl (C=O) groups is 1. The zero-order chi connectivity index (χ0) is 12.1. The summed E-state index contributed by atoms with van der Waals surface area (Å²) >= 11 is 0. The van der Waals surface area contributed by atoms with Gasteiger partial charge < -0.3 is 10.6 Å². The average Bonchev–Trinajstić information content (AvgIpc) is 2.18. The molecule has 0 fully saturated rings. The van der Waals surface area contributed by atoms with Gasteiger partial charge in [-0.2, -0.15) is 0 Å². The molecule has 0 aromatic rings. The largest absolute Gasteiger partial charge is 0.341 e. The molecular formula is C12H26N2O. The lowest BCUT2D eigenvalue weighted by atomic mass is 9.94. The molecule has 3 heteroatoms. The highest BCUT2D eigenvalue weighted by atomic mass is 16.2. The topological polar surface area (TPSA) is 46.3 Å². The fourth-order valence-electron chi connectivity index (χ4n) is 2.03. The van der Waals surface area contributed by atoms with Crippen LogP contribution in [0.5, 0.6) is 0 Å². The maximum Gasteiger partial charge on any atom is 0.242 e. The van der Waals surface area contributed by atoms with Crippen LogP contribution in [0.2, 0.25) is 0 Å². The minimum Gasteiger partial charge on any atom is -0.341 e. The Balaban J connectivity index is 4.54. The van der Waals surface area contributed by atoms with Crippen LogP contribution in [-0.4, -0.2) is 29.4 Å². The molecule has 1 amide bonds. The normalized spacial score (nSPS) is 15.1. The molecule has 3 nitrogen and oxygen atoms in total. The summed E-state index contributed by atoms with van der Waals surface area (Å²) in [5.74, 6) is 0.0676. The van der Waals surface area contributed by atoms with E-state index in [0.717, 1.165) is 25.7 Å². The van der Waals surface area contributed by atoms with Gasteiger partial charge in [0.25, 0.3) is 0 Å². The summed E-state index contributed by atoms with van der Waals surface area (Å²) in [7, 11) is 1.86. The molecule has 1 atom stereocenters. The molecule has 0 bridgehead atoms. The van der Waals surface area contributed by atoms with Gasteiger partial charge in [0.15, 0.2) is 0 Å². The first kappa shape index (κ1) is 14.4. The molecule has 0 rings (SSSR count). The van der Waals surface area contributed by atoms with E-state index in [1.54, 1.807) is 0 Å². The van der Waals surface area contributed by atoms with Gasteiger partial charge in [-0.15, -0.1) is 0 Å². The van der Waals surface area contributed by atoms with E-state index >= 15 is 0 Å². The number of amides is 1. The van der Waals surface area contributed by atoms with E-state index in [-0.39, 0.29) is 5.91 Å². The van der Waals surface area contributed by atoms with E-state index in [1.807, 2.05) is 18.9 Å². The van der Waals surface area contributed by atoms with Crippen molar-refractivity contribution in [3.8, 4) is 0 Å². The van der Waals surface area contributed by atoms with Crippen molar-refractivity contribution in [3.05, 3.63) is 0 Å². The number of hydrogen-bond donors (Lipinski definition) is 1. The van der Waals surface area contributed by atoms with Gasteiger partial charge in [0, 0.05) is 13.1 Å². The van der Waals surface area contributed by atoms with Crippen LogP contribution >= 0.6 is 0 Å². The number of carbonyl (C=O) groups excluding carboxylic acids is 1. The van der Waals surface area contributed by atoms with Crippen LogP contribution in [0.4, 0.5) is 0 Å². The van der Waals surface area contributed by atoms with Crippen molar-refractivity contribution in [1.82, 2.24) is 4.90 Å². The number of nitrogens with two attached hydrogens (primary N) is 1. The third kappa shape index (κ3) is 3.82. The quantitative estimate of drug-likeness (QED) is 0.736. The second kappa shape index (κ2) is 6.11. The molecule has 0 aliphatic carbocycles. The fraction of sp³-hybridized carbons (Fsp3) is 0.917. The van der Waals surface area contributed by atoms with E-state index in [2.05, 4.69) is 20.8 Å². The smallest absolute Gasteiger partial charge is 0.242 e. The van der Waals surface area contributed by atoms with Crippen LogP contribution in [0.1, 0.15) is 53.4 Å². The molecule has 1 unspecified atom stereocenters. The van der Waals surface area contributed by atoms with Gasteiger partial charge in [0.1, 0.15) is 0 Å². The van der Waals surface area contributed by atoms with Crippen molar-refractivity contribution < 1.29 is 4.79 Å². The molecule has 0 aliphatic heterocycles. The maximum absolute atomic E-state index is 12.1. The average molecular weight is 214 g/mol. The molecule has 15 heavy (non-hydrogen) atoms. The number of hydrogen-bond acceptors (Lipinski definition) is 2. The van der Waals surface area contributed by atoms with Gasteiger partial charge >= 0.3 is 0 Å². The Morgan fingerprint density at radius 1 is 1.33 bits per heavy atom. The number of nitrogens with zero attached hydrogens (tertiary/aromatic N) is 1. The molecule has 0 saturated carbocycles. The molecule has 0 spiro atoms. The first-order chi connectivity index (χ1) is 6.90. The molecule has 0 saturated heterocycles. The highest BCUT2D eigenvalue weighted by Gasteiger charge is 2.32. The highest BCUT2D eigenvalue weighted by Crippen LogP contribution is 2.16. The summed E-state index contributed by atoms with van der Waals surface area (Å²) in [6, 6.07) is 0.317. The lowest BCUT2D eigenvalue weighted by Crippen LogP contribution is -2.54. The zero-order valence-electron chi connectivity index (χ0n) is 10.8. The fourth-order valence-corrected chi connectivity index (χ4v) is 2.03. The van der Waals surface area contributed by atoms with E-state index in [4.69, 9.17) is 5.73 Å². The van der Waals surface area contributed by atoms with Gasteiger partial charge in [-0.25, -0.2) is 0 Å². The van der Waals surface area contributed by atoms with Crippen LogP contribution < -0.4 is 5.73 Å². The first-order valence-corrected chi connectivity index (χ1v) is 5.96. The van der Waals surface area contributed by atoms with Crippen molar-refractivity contribution in [2.45, 2.75) is 65.0 Å². The Morgan fingerprint density at radius 3 is 2.13 bits per heavy atom. The highest BCUT2D eigenvalue weighted by molar-refractivity contribution is 5.85. The summed E-state index contributed by atoms with van der Waals surface area (Å²) in [6.45, 7) is 8.09. The predicted octanol–water partition coefficient (Wildman–Crippen LogP) is 2.15. The van der Waals surface area contributed by atoms with Gasteiger partial charge in [-0.1, -0.05) is 27.2 Å². The van der Waals surface area contributed by atoms with Crippen molar-refractivity contribution >= 4 is 5.91 Å². The lowest BCUT2D eigenvalue weighted by molar-refractivity contribution is -0.137. The van der Waals surface area contributed by atoms with E-state index < -0.39 is 5.54 Å². The third-order valence-electron chi connectivity index (χ3n) is 3.07. The monoisotopic (exact) mass is 214 g/mol. The van der Waals surface area contributed by atoms with Crippen LogP contribution in [0.15, 0.2) is 0 Å². The van der Waals surface area contributed by atoms with Gasteiger partial charge in [0.05, 0.1) is 5.54 Å². The van der Waals surface area contributed by atoms with Crippen molar-refractivity contribution in [1.29, 1.82) is 0 Å². The summed E-state index contributed by atoms with van der Waals surface area (Å²) in [5, 5.41) is 0. The Morgan fingerprint density at radius 2 is 1.80 bits per heavy atom. The SMILES string of the molecule is CCCC(C)(N)C(=O)N(C)C(CC)CC. The van der Waals surface area contributed by atoms with Gasteiger partial charge in [-0.05, 0) is 26.2 Å². The standard InChI is InChI=1S/C12H26N2O/c1-6-9-12(4,13)11(15)14(5)10(7-2)8-3/h10H,6-9,13H2,1-5H3.